The van der Waals surface area contributed by atoms with E-state index in [1.54, 1.807) is 31.2 Å². The Balaban J connectivity index is 1.80. The summed E-state index contributed by atoms with van der Waals surface area (Å²) in [5, 5.41) is 8.03. The summed E-state index contributed by atoms with van der Waals surface area (Å²) >= 11 is 23.6. The molecule has 2 amide bonds. The number of halogens is 4. The van der Waals surface area contributed by atoms with Crippen LogP contribution in [0.5, 0.6) is 5.75 Å². The summed E-state index contributed by atoms with van der Waals surface area (Å²) < 4.78 is 5.29. The molecule has 0 unspecified atom stereocenters. The molecule has 0 fully saturated rings. The molecule has 0 heterocycles. The predicted molar refractivity (Wildman–Crippen MR) is 113 cm³/mol. The summed E-state index contributed by atoms with van der Waals surface area (Å²) in [5.41, 5.74) is 3.12. The first-order chi connectivity index (χ1) is 13.2. The molecule has 0 aromatic heterocycles. The fraction of sp³-hybridized carbons (Fsp3) is 0.167. The fourth-order valence-corrected chi connectivity index (χ4v) is 2.90. The molecule has 2 rings (SSSR count). The lowest BCUT2D eigenvalue weighted by Crippen LogP contribution is -2.26. The van der Waals surface area contributed by atoms with E-state index in [4.69, 9.17) is 51.1 Å². The molecular weight excluding hydrogens is 448 g/mol. The first-order valence-electron chi connectivity index (χ1n) is 7.89. The molecule has 0 saturated heterocycles. The van der Waals surface area contributed by atoms with Crippen molar-refractivity contribution in [2.45, 2.75) is 13.3 Å². The molecule has 10 heteroatoms. The van der Waals surface area contributed by atoms with Gasteiger partial charge in [0.05, 0.1) is 22.2 Å². The van der Waals surface area contributed by atoms with Crippen LogP contribution in [0.15, 0.2) is 41.5 Å². The topological polar surface area (TPSA) is 79.8 Å². The van der Waals surface area contributed by atoms with E-state index < -0.39 is 5.91 Å². The first-order valence-corrected chi connectivity index (χ1v) is 9.40. The summed E-state index contributed by atoms with van der Waals surface area (Å²) in [6.07, 6.45) is -0.0386. The quantitative estimate of drug-likeness (QED) is 0.438. The molecule has 0 aliphatic carbocycles. The zero-order valence-corrected chi connectivity index (χ0v) is 17.6. The van der Waals surface area contributed by atoms with Crippen LogP contribution in [-0.4, -0.2) is 24.1 Å². The average Bonchev–Trinajstić information content (AvgIpc) is 2.61. The van der Waals surface area contributed by atoms with Gasteiger partial charge in [-0.05, 0) is 43.3 Å². The van der Waals surface area contributed by atoms with Gasteiger partial charge in [0, 0.05) is 15.8 Å². The summed E-state index contributed by atoms with van der Waals surface area (Å²) in [7, 11) is 0. The Kier molecular flexibility index (Phi) is 8.38. The van der Waals surface area contributed by atoms with Crippen LogP contribution in [0, 0.1) is 0 Å². The minimum Gasteiger partial charge on any atom is -0.482 e. The number of hydrogen-bond acceptors (Lipinski definition) is 4. The fourth-order valence-electron chi connectivity index (χ4n) is 1.98. The van der Waals surface area contributed by atoms with Crippen molar-refractivity contribution in [3.05, 3.63) is 56.5 Å². The Hall–Kier alpha value is -1.99. The summed E-state index contributed by atoms with van der Waals surface area (Å²) in [4.78, 5) is 23.8. The zero-order valence-electron chi connectivity index (χ0n) is 14.6. The van der Waals surface area contributed by atoms with E-state index in [0.717, 1.165) is 0 Å². The molecule has 0 atom stereocenters. The monoisotopic (exact) mass is 461 g/mol. The van der Waals surface area contributed by atoms with Crippen molar-refractivity contribution >= 4 is 69.6 Å². The van der Waals surface area contributed by atoms with Gasteiger partial charge in [-0.1, -0.05) is 46.4 Å². The van der Waals surface area contributed by atoms with Crippen molar-refractivity contribution in [1.82, 2.24) is 5.43 Å². The van der Waals surface area contributed by atoms with Gasteiger partial charge in [-0.25, -0.2) is 5.43 Å². The number of anilines is 1. The summed E-state index contributed by atoms with van der Waals surface area (Å²) in [5.74, 6) is -0.531. The predicted octanol–water partition coefficient (Wildman–Crippen LogP) is 5.20. The van der Waals surface area contributed by atoms with Crippen LogP contribution < -0.4 is 15.5 Å². The van der Waals surface area contributed by atoms with Crippen molar-refractivity contribution in [2.24, 2.45) is 5.10 Å². The van der Waals surface area contributed by atoms with E-state index in [2.05, 4.69) is 15.8 Å². The van der Waals surface area contributed by atoms with Crippen LogP contribution in [0.4, 0.5) is 5.69 Å². The van der Waals surface area contributed by atoms with Crippen molar-refractivity contribution in [3.63, 3.8) is 0 Å². The second-order valence-corrected chi connectivity index (χ2v) is 7.28. The van der Waals surface area contributed by atoms with Crippen LogP contribution in [-0.2, 0) is 9.59 Å². The molecule has 2 aromatic carbocycles. The number of carbonyl (C=O) groups is 2. The van der Waals surface area contributed by atoms with Gasteiger partial charge in [-0.15, -0.1) is 0 Å². The molecule has 2 N–H and O–H groups in total. The first kappa shape index (κ1) is 22.3. The van der Waals surface area contributed by atoms with E-state index in [1.807, 2.05) is 0 Å². The highest BCUT2D eigenvalue weighted by Crippen LogP contribution is 2.27. The van der Waals surface area contributed by atoms with Gasteiger partial charge in [0.15, 0.2) is 6.61 Å². The van der Waals surface area contributed by atoms with E-state index in [0.29, 0.717) is 32.2 Å². The van der Waals surface area contributed by atoms with Gasteiger partial charge in [0.1, 0.15) is 5.75 Å². The summed E-state index contributed by atoms with van der Waals surface area (Å²) in [6.45, 7) is 1.30. The largest absolute Gasteiger partial charge is 0.482 e. The van der Waals surface area contributed by atoms with Crippen LogP contribution in [0.2, 0.25) is 20.1 Å². The number of hydrazone groups is 1. The Morgan fingerprint density at radius 3 is 2.25 bits per heavy atom. The second kappa shape index (κ2) is 10.5. The van der Waals surface area contributed by atoms with Crippen molar-refractivity contribution in [1.29, 1.82) is 0 Å². The maximum Gasteiger partial charge on any atom is 0.277 e. The zero-order chi connectivity index (χ0) is 20.7. The Bertz CT molecular complexity index is 919. The SMILES string of the molecule is C/C(CC(=O)Nc1ccc(Cl)cc1Cl)=N\NC(=O)COc1ccc(Cl)cc1Cl. The summed E-state index contributed by atoms with van der Waals surface area (Å²) in [6, 6.07) is 9.37. The van der Waals surface area contributed by atoms with Gasteiger partial charge in [-0.3, -0.25) is 9.59 Å². The van der Waals surface area contributed by atoms with E-state index >= 15 is 0 Å². The maximum absolute atomic E-state index is 12.0. The number of carbonyl (C=O) groups excluding carboxylic acids is 2. The normalized spacial score (nSPS) is 11.1. The molecule has 0 bridgehead atoms. The Morgan fingerprint density at radius 2 is 1.61 bits per heavy atom. The highest BCUT2D eigenvalue weighted by molar-refractivity contribution is 6.37. The lowest BCUT2D eigenvalue weighted by molar-refractivity contribution is -0.123. The van der Waals surface area contributed by atoms with Crippen LogP contribution >= 0.6 is 46.4 Å². The highest BCUT2D eigenvalue weighted by Gasteiger charge is 2.09. The smallest absolute Gasteiger partial charge is 0.277 e. The third-order valence-corrected chi connectivity index (χ3v) is 4.32. The number of nitrogens with zero attached hydrogens (tertiary/aromatic N) is 1. The Morgan fingerprint density at radius 1 is 0.964 bits per heavy atom. The number of nitrogens with one attached hydrogen (secondary N) is 2. The third-order valence-electron chi connectivity index (χ3n) is 3.25. The number of ether oxygens (including phenoxy) is 1. The second-order valence-electron chi connectivity index (χ2n) is 5.59. The van der Waals surface area contributed by atoms with Gasteiger partial charge < -0.3 is 10.1 Å². The van der Waals surface area contributed by atoms with E-state index in [9.17, 15) is 9.59 Å². The molecule has 2 aromatic rings. The van der Waals surface area contributed by atoms with E-state index in [1.165, 1.54) is 12.1 Å². The number of hydrogen-bond donors (Lipinski definition) is 2. The Labute approximate surface area is 181 Å². The van der Waals surface area contributed by atoms with Crippen molar-refractivity contribution in [2.75, 3.05) is 11.9 Å². The van der Waals surface area contributed by atoms with Crippen LogP contribution in [0.1, 0.15) is 13.3 Å². The van der Waals surface area contributed by atoms with Gasteiger partial charge in [0.25, 0.3) is 5.91 Å². The highest BCUT2D eigenvalue weighted by atomic mass is 35.5. The van der Waals surface area contributed by atoms with Gasteiger partial charge in [0.2, 0.25) is 5.91 Å². The lowest BCUT2D eigenvalue weighted by Gasteiger charge is -2.08. The van der Waals surface area contributed by atoms with E-state index in [-0.39, 0.29) is 24.0 Å². The third kappa shape index (κ3) is 7.20. The van der Waals surface area contributed by atoms with Crippen molar-refractivity contribution in [3.8, 4) is 5.75 Å². The number of rotatable bonds is 7. The molecule has 0 aliphatic rings. The average molecular weight is 463 g/mol. The molecule has 148 valence electrons. The molecule has 0 radical (unpaired) electrons. The van der Waals surface area contributed by atoms with Crippen LogP contribution in [0.3, 0.4) is 0 Å². The molecule has 28 heavy (non-hydrogen) atoms. The van der Waals surface area contributed by atoms with Crippen LogP contribution in [0.25, 0.3) is 0 Å². The minimum absolute atomic E-state index is 0.0386. The number of amides is 2. The molecule has 6 nitrogen and oxygen atoms in total. The number of benzene rings is 2. The molecule has 0 aliphatic heterocycles. The molecular formula is C18H15Cl4N3O3. The lowest BCUT2D eigenvalue weighted by atomic mass is 10.2. The van der Waals surface area contributed by atoms with Gasteiger partial charge >= 0.3 is 0 Å². The van der Waals surface area contributed by atoms with Crippen molar-refractivity contribution < 1.29 is 14.3 Å². The van der Waals surface area contributed by atoms with Gasteiger partial charge in [-0.2, -0.15) is 5.10 Å². The molecule has 0 spiro atoms. The molecule has 0 saturated carbocycles. The minimum atomic E-state index is -0.508. The standard InChI is InChI=1S/C18H15Cl4N3O3/c1-10(6-17(26)23-15-4-2-11(19)7-13(15)21)24-25-18(27)9-28-16-5-3-12(20)8-14(16)22/h2-5,7-8H,6,9H2,1H3,(H,23,26)(H,25,27)/b24-10+. The maximum atomic E-state index is 12.0.